The van der Waals surface area contributed by atoms with E-state index in [0.29, 0.717) is 17.7 Å². The third-order valence-electron chi connectivity index (χ3n) is 7.96. The fourth-order valence-electron chi connectivity index (χ4n) is 5.80. The Labute approximate surface area is 280 Å². The number of nitrogens with one attached hydrogen (secondary N) is 1. The molecule has 2 N–H and O–H groups in total. The van der Waals surface area contributed by atoms with Crippen LogP contribution < -0.4 is 10.1 Å². The van der Waals surface area contributed by atoms with Crippen LogP contribution in [-0.4, -0.2) is 42.0 Å². The van der Waals surface area contributed by atoms with Gasteiger partial charge in [-0.1, -0.05) is 108 Å². The number of allylic oxidation sites excluding steroid dienone is 2. The molecule has 1 fully saturated rings. The summed E-state index contributed by atoms with van der Waals surface area (Å²) in [5, 5.41) is 11.5. The molecule has 0 saturated carbocycles. The monoisotopic (exact) mass is 638 g/mol. The first-order valence-corrected chi connectivity index (χ1v) is 16.9. The van der Waals surface area contributed by atoms with Crippen molar-refractivity contribution in [3.8, 4) is 16.9 Å². The predicted octanol–water partition coefficient (Wildman–Crippen LogP) is 9.63. The minimum absolute atomic E-state index is 0.0968. The molecule has 2 aliphatic rings. The quantitative estimate of drug-likeness (QED) is 0.230. The molecule has 0 aromatic heterocycles. The molecule has 1 saturated heterocycles. The summed E-state index contributed by atoms with van der Waals surface area (Å²) in [5.41, 5.74) is 7.20. The average molecular weight is 639 g/mol. The molecule has 5 rings (SSSR count). The van der Waals surface area contributed by atoms with Gasteiger partial charge in [0.05, 0.1) is 19.1 Å². The third kappa shape index (κ3) is 9.75. The van der Waals surface area contributed by atoms with Gasteiger partial charge < -0.3 is 14.6 Å². The van der Waals surface area contributed by atoms with E-state index in [1.54, 1.807) is 0 Å². The summed E-state index contributed by atoms with van der Waals surface area (Å²) in [7, 11) is 0. The van der Waals surface area contributed by atoms with Gasteiger partial charge in [-0.15, -0.1) is 0 Å². The highest BCUT2D eigenvalue weighted by molar-refractivity contribution is 6.18. The molecule has 0 bridgehead atoms. The number of amides is 1. The van der Waals surface area contributed by atoms with E-state index in [4.69, 9.17) is 19.6 Å². The van der Waals surface area contributed by atoms with Crippen LogP contribution in [0.25, 0.3) is 16.8 Å². The Hall–Kier alpha value is -4.49. The van der Waals surface area contributed by atoms with Gasteiger partial charge in [0.15, 0.2) is 5.78 Å². The fraction of sp³-hybridized carbons (Fsp3) is 0.375. The van der Waals surface area contributed by atoms with Gasteiger partial charge in [0.25, 0.3) is 0 Å². The van der Waals surface area contributed by atoms with Crippen LogP contribution in [0.3, 0.4) is 0 Å². The van der Waals surface area contributed by atoms with Crippen LogP contribution in [-0.2, 0) is 16.0 Å². The zero-order valence-corrected chi connectivity index (χ0v) is 28.8. The van der Waals surface area contributed by atoms with E-state index in [0.717, 1.165) is 83.9 Å². The van der Waals surface area contributed by atoms with Crippen molar-refractivity contribution in [3.63, 3.8) is 0 Å². The van der Waals surface area contributed by atoms with E-state index in [9.17, 15) is 9.59 Å². The highest BCUT2D eigenvalue weighted by atomic mass is 16.5. The van der Waals surface area contributed by atoms with Crippen molar-refractivity contribution in [1.82, 2.24) is 5.32 Å². The molecular formula is C40H50N2O5. The molecule has 0 aliphatic carbocycles. The van der Waals surface area contributed by atoms with E-state index < -0.39 is 12.0 Å². The Morgan fingerprint density at radius 2 is 1.62 bits per heavy atom. The van der Waals surface area contributed by atoms with Crippen LogP contribution in [0.4, 0.5) is 4.79 Å². The summed E-state index contributed by atoms with van der Waals surface area (Å²) < 4.78 is 11.6. The summed E-state index contributed by atoms with van der Waals surface area (Å²) in [6, 6.07) is 23.4. The Kier molecular flexibility index (Phi) is 14.6. The Morgan fingerprint density at radius 1 is 0.979 bits per heavy atom. The standard InChI is InChI=1S/C36H38N2O5.2C2H6/c1-4-7-33-32(22-25-10-12-26(13-11-25)31-9-6-5-8-30(31)23(2)38-36(40)41)35(39)34(24(3)37-33)27-14-16-28(17-15-27)43-29-18-20-42-21-19-29;2*1-2/h5-6,8-17,29,34,38H,2,4,7,18-22H2,1,3H3,(H,40,41);2*1-2H3. The zero-order chi connectivity index (χ0) is 34.3. The van der Waals surface area contributed by atoms with E-state index in [1.807, 2.05) is 107 Å². The van der Waals surface area contributed by atoms with Crippen LogP contribution in [0.5, 0.6) is 5.75 Å². The Balaban J connectivity index is 0.00000144. The Morgan fingerprint density at radius 3 is 2.23 bits per heavy atom. The number of benzene rings is 3. The van der Waals surface area contributed by atoms with Crippen molar-refractivity contribution >= 4 is 23.3 Å². The number of nitrogens with zero attached hydrogens (tertiary/aromatic N) is 1. The van der Waals surface area contributed by atoms with Gasteiger partial charge in [0, 0.05) is 47.5 Å². The molecule has 2 heterocycles. The summed E-state index contributed by atoms with van der Waals surface area (Å²) in [4.78, 5) is 30.2. The van der Waals surface area contributed by atoms with Gasteiger partial charge in [-0.25, -0.2) is 4.79 Å². The molecule has 0 radical (unpaired) electrons. The van der Waals surface area contributed by atoms with Crippen molar-refractivity contribution in [2.75, 3.05) is 13.2 Å². The highest BCUT2D eigenvalue weighted by Gasteiger charge is 2.32. The summed E-state index contributed by atoms with van der Waals surface area (Å²) in [6.45, 7) is 17.4. The number of Topliss-reactive ketones (excluding diaryl/α,β-unsaturated/α-hetero) is 1. The van der Waals surface area contributed by atoms with E-state index in [1.165, 1.54) is 0 Å². The number of hydrogen-bond acceptors (Lipinski definition) is 5. The molecule has 1 amide bonds. The summed E-state index contributed by atoms with van der Waals surface area (Å²) >= 11 is 0. The van der Waals surface area contributed by atoms with Crippen LogP contribution in [0.2, 0.25) is 0 Å². The van der Waals surface area contributed by atoms with Crippen LogP contribution in [0, 0.1) is 0 Å². The number of aliphatic imine (C=N–C) groups is 1. The van der Waals surface area contributed by atoms with Crippen LogP contribution >= 0.6 is 0 Å². The first-order chi connectivity index (χ1) is 22.8. The molecule has 47 heavy (non-hydrogen) atoms. The molecule has 250 valence electrons. The maximum Gasteiger partial charge on any atom is 0.409 e. The van der Waals surface area contributed by atoms with Gasteiger partial charge >= 0.3 is 6.09 Å². The van der Waals surface area contributed by atoms with E-state index in [-0.39, 0.29) is 11.9 Å². The number of rotatable bonds is 10. The Bertz CT molecular complexity index is 1550. The number of ether oxygens (including phenoxy) is 2. The van der Waals surface area contributed by atoms with E-state index >= 15 is 0 Å². The average Bonchev–Trinajstić information content (AvgIpc) is 3.09. The zero-order valence-electron chi connectivity index (χ0n) is 28.8. The molecule has 1 unspecified atom stereocenters. The minimum Gasteiger partial charge on any atom is -0.490 e. The molecule has 7 heteroatoms. The first kappa shape index (κ1) is 37.0. The number of ketones is 1. The lowest BCUT2D eigenvalue weighted by Crippen LogP contribution is -2.27. The molecule has 3 aromatic carbocycles. The van der Waals surface area contributed by atoms with Crippen molar-refractivity contribution < 1.29 is 24.2 Å². The van der Waals surface area contributed by atoms with Gasteiger partial charge in [-0.2, -0.15) is 0 Å². The minimum atomic E-state index is -1.15. The smallest absolute Gasteiger partial charge is 0.409 e. The normalized spacial score (nSPS) is 16.2. The summed E-state index contributed by atoms with van der Waals surface area (Å²) in [5.74, 6) is 0.478. The number of hydrogen-bond donors (Lipinski definition) is 2. The topological polar surface area (TPSA) is 97.2 Å². The van der Waals surface area contributed by atoms with Crippen molar-refractivity contribution in [2.45, 2.75) is 85.7 Å². The maximum absolute atomic E-state index is 14.1. The lowest BCUT2D eigenvalue weighted by Gasteiger charge is -2.26. The maximum atomic E-state index is 14.1. The summed E-state index contributed by atoms with van der Waals surface area (Å²) in [6.07, 6.45) is 2.90. The van der Waals surface area contributed by atoms with Gasteiger partial charge in [-0.05, 0) is 47.7 Å². The molecule has 7 nitrogen and oxygen atoms in total. The highest BCUT2D eigenvalue weighted by Crippen LogP contribution is 2.34. The molecule has 3 aromatic rings. The van der Waals surface area contributed by atoms with Crippen LogP contribution in [0.15, 0.2) is 95.6 Å². The van der Waals surface area contributed by atoms with Gasteiger partial charge in [0.1, 0.15) is 11.9 Å². The predicted molar refractivity (Wildman–Crippen MR) is 192 cm³/mol. The van der Waals surface area contributed by atoms with Gasteiger partial charge in [-0.3, -0.25) is 15.1 Å². The van der Waals surface area contributed by atoms with Crippen molar-refractivity contribution in [1.29, 1.82) is 0 Å². The van der Waals surface area contributed by atoms with Crippen molar-refractivity contribution in [2.24, 2.45) is 4.99 Å². The van der Waals surface area contributed by atoms with Gasteiger partial charge in [0.2, 0.25) is 0 Å². The van der Waals surface area contributed by atoms with E-state index in [2.05, 4.69) is 18.8 Å². The second kappa shape index (κ2) is 18.6. The molecular weight excluding hydrogens is 588 g/mol. The third-order valence-corrected chi connectivity index (χ3v) is 7.96. The van der Waals surface area contributed by atoms with Crippen molar-refractivity contribution in [3.05, 3.63) is 107 Å². The molecule has 2 aliphatic heterocycles. The number of carboxylic acid groups (broad SMARTS) is 1. The second-order valence-corrected chi connectivity index (χ2v) is 11.1. The number of carbonyl (C=O) groups excluding carboxylic acids is 1. The SMILES string of the molecule is C=C(NC(=O)O)c1ccccc1-c1ccc(CC2=C(CCC)N=C(C)C(c3ccc(OC4CCOCC4)cc3)C2=O)cc1.CC.CC. The fourth-order valence-corrected chi connectivity index (χ4v) is 5.80. The second-order valence-electron chi connectivity index (χ2n) is 11.1. The lowest BCUT2D eigenvalue weighted by atomic mass is 9.81. The molecule has 1 atom stereocenters. The number of carbonyl (C=O) groups is 2. The first-order valence-electron chi connectivity index (χ1n) is 16.9. The van der Waals surface area contributed by atoms with Crippen LogP contribution in [0.1, 0.15) is 89.8 Å². The lowest BCUT2D eigenvalue weighted by molar-refractivity contribution is -0.115. The largest absolute Gasteiger partial charge is 0.490 e. The molecule has 0 spiro atoms.